The first-order valence-electron chi connectivity index (χ1n) is 4.49. The number of rotatable bonds is 3. The van der Waals surface area contributed by atoms with Gasteiger partial charge in [-0.15, -0.1) is 0 Å². The Morgan fingerprint density at radius 3 is 2.57 bits per heavy atom. The van der Waals surface area contributed by atoms with Crippen molar-refractivity contribution in [3.05, 3.63) is 36.6 Å². The van der Waals surface area contributed by atoms with Crippen LogP contribution in [0, 0.1) is 0 Å². The molecule has 0 saturated heterocycles. The van der Waals surface area contributed by atoms with Crippen LogP contribution >= 0.6 is 0 Å². The Labute approximate surface area is 83.4 Å². The van der Waals surface area contributed by atoms with Crippen LogP contribution in [-0.4, -0.2) is 16.7 Å². The lowest BCUT2D eigenvalue weighted by molar-refractivity contribution is -0.140. The zero-order valence-electron chi connectivity index (χ0n) is 8.25. The maximum Gasteiger partial charge on any atom is 0.238 e. The molecule has 3 nitrogen and oxygen atoms in total. The number of hydrogen-bond acceptors (Lipinski definition) is 2. The van der Waals surface area contributed by atoms with Gasteiger partial charge in [-0.25, -0.2) is 0 Å². The van der Waals surface area contributed by atoms with Crippen LogP contribution in [-0.2, 0) is 9.59 Å². The number of amides is 2. The van der Waals surface area contributed by atoms with Crippen molar-refractivity contribution in [2.45, 2.75) is 19.8 Å². The number of carbonyl (C=O) groups excluding carboxylic acids is 2. The Kier molecular flexibility index (Phi) is 3.02. The van der Waals surface area contributed by atoms with Crippen molar-refractivity contribution in [3.63, 3.8) is 0 Å². The smallest absolute Gasteiger partial charge is 0.238 e. The summed E-state index contributed by atoms with van der Waals surface area (Å²) in [5, 5.41) is 0. The lowest BCUT2D eigenvalue weighted by atomic mass is 10.2. The van der Waals surface area contributed by atoms with Gasteiger partial charge in [-0.2, -0.15) is 0 Å². The summed E-state index contributed by atoms with van der Waals surface area (Å²) in [6.45, 7) is 8.91. The van der Waals surface area contributed by atoms with Crippen molar-refractivity contribution >= 4 is 11.8 Å². The monoisotopic (exact) mass is 191 g/mol. The summed E-state index contributed by atoms with van der Waals surface area (Å²) in [7, 11) is 0. The van der Waals surface area contributed by atoms with Crippen molar-refractivity contribution in [1.29, 1.82) is 0 Å². The van der Waals surface area contributed by atoms with Crippen LogP contribution in [0.5, 0.6) is 0 Å². The van der Waals surface area contributed by atoms with Gasteiger partial charge in [0.2, 0.25) is 11.8 Å². The highest BCUT2D eigenvalue weighted by Gasteiger charge is 2.30. The highest BCUT2D eigenvalue weighted by Crippen LogP contribution is 2.26. The SMILES string of the molecule is C=CC1=C(C=C)N(C(=O)CC)C(=O)C1. The van der Waals surface area contributed by atoms with Gasteiger partial charge in [-0.3, -0.25) is 14.5 Å². The standard InChI is InChI=1S/C11H13NO2/c1-4-8-7-11(14)12(9(8)5-2)10(13)6-3/h4-5H,1-2,6-7H2,3H3. The molecule has 3 heteroatoms. The number of imide groups is 1. The zero-order valence-corrected chi connectivity index (χ0v) is 8.25. The minimum absolute atomic E-state index is 0.193. The Morgan fingerprint density at radius 2 is 2.14 bits per heavy atom. The summed E-state index contributed by atoms with van der Waals surface area (Å²) in [5.74, 6) is -0.386. The summed E-state index contributed by atoms with van der Waals surface area (Å²) in [5.41, 5.74) is 1.35. The minimum Gasteiger partial charge on any atom is -0.274 e. The zero-order chi connectivity index (χ0) is 10.7. The third-order valence-electron chi connectivity index (χ3n) is 2.15. The van der Waals surface area contributed by atoms with E-state index in [2.05, 4.69) is 13.2 Å². The molecule has 1 aliphatic heterocycles. The van der Waals surface area contributed by atoms with Crippen molar-refractivity contribution in [3.8, 4) is 0 Å². The summed E-state index contributed by atoms with van der Waals surface area (Å²) in [6, 6.07) is 0. The average Bonchev–Trinajstić information content (AvgIpc) is 2.53. The average molecular weight is 191 g/mol. The molecule has 0 aromatic heterocycles. The van der Waals surface area contributed by atoms with Gasteiger partial charge in [0.1, 0.15) is 0 Å². The number of hydrogen-bond donors (Lipinski definition) is 0. The fraction of sp³-hybridized carbons (Fsp3) is 0.273. The van der Waals surface area contributed by atoms with E-state index in [9.17, 15) is 9.59 Å². The van der Waals surface area contributed by atoms with Crippen LogP contribution in [0.4, 0.5) is 0 Å². The van der Waals surface area contributed by atoms with E-state index >= 15 is 0 Å². The predicted octanol–water partition coefficient (Wildman–Crippen LogP) is 1.78. The van der Waals surface area contributed by atoms with Crippen LogP contribution in [0.1, 0.15) is 19.8 Å². The van der Waals surface area contributed by atoms with Crippen LogP contribution in [0.2, 0.25) is 0 Å². The highest BCUT2D eigenvalue weighted by atomic mass is 16.2. The third kappa shape index (κ3) is 1.53. The van der Waals surface area contributed by atoms with Gasteiger partial charge in [0.15, 0.2) is 0 Å². The van der Waals surface area contributed by atoms with Crippen LogP contribution in [0.25, 0.3) is 0 Å². The van der Waals surface area contributed by atoms with Gasteiger partial charge < -0.3 is 0 Å². The molecule has 1 rings (SSSR count). The van der Waals surface area contributed by atoms with Crippen molar-refractivity contribution in [2.75, 3.05) is 0 Å². The first kappa shape index (κ1) is 10.4. The fourth-order valence-electron chi connectivity index (χ4n) is 1.44. The molecule has 0 aromatic carbocycles. The van der Waals surface area contributed by atoms with E-state index in [4.69, 9.17) is 0 Å². The predicted molar refractivity (Wildman–Crippen MR) is 54.2 cm³/mol. The minimum atomic E-state index is -0.193. The van der Waals surface area contributed by atoms with E-state index in [1.54, 1.807) is 13.0 Å². The molecule has 14 heavy (non-hydrogen) atoms. The van der Waals surface area contributed by atoms with E-state index in [0.29, 0.717) is 12.1 Å². The van der Waals surface area contributed by atoms with Crippen molar-refractivity contribution in [2.24, 2.45) is 0 Å². The molecule has 74 valence electrons. The molecular weight excluding hydrogens is 178 g/mol. The lowest BCUT2D eigenvalue weighted by Gasteiger charge is -2.14. The van der Waals surface area contributed by atoms with E-state index in [1.807, 2.05) is 0 Å². The largest absolute Gasteiger partial charge is 0.274 e. The van der Waals surface area contributed by atoms with Gasteiger partial charge in [-0.1, -0.05) is 26.2 Å². The molecule has 0 unspecified atom stereocenters. The second-order valence-electron chi connectivity index (χ2n) is 2.97. The molecule has 0 aromatic rings. The van der Waals surface area contributed by atoms with Crippen molar-refractivity contribution < 1.29 is 9.59 Å². The van der Waals surface area contributed by atoms with E-state index < -0.39 is 0 Å². The summed E-state index contributed by atoms with van der Waals surface area (Å²) >= 11 is 0. The topological polar surface area (TPSA) is 37.4 Å². The third-order valence-corrected chi connectivity index (χ3v) is 2.15. The van der Waals surface area contributed by atoms with Gasteiger partial charge in [0.25, 0.3) is 0 Å². The maximum absolute atomic E-state index is 11.5. The summed E-state index contributed by atoms with van der Waals surface area (Å²) in [6.07, 6.45) is 3.68. The van der Waals surface area contributed by atoms with Crippen LogP contribution in [0.15, 0.2) is 36.6 Å². The first-order valence-corrected chi connectivity index (χ1v) is 4.49. The second kappa shape index (κ2) is 4.05. The molecule has 0 aliphatic carbocycles. The van der Waals surface area contributed by atoms with Gasteiger partial charge in [-0.05, 0) is 11.6 Å². The Balaban J connectivity index is 3.11. The normalized spacial score (nSPS) is 16.1. The van der Waals surface area contributed by atoms with Gasteiger partial charge in [0, 0.05) is 6.42 Å². The molecule has 0 saturated carbocycles. The Bertz CT molecular complexity index is 339. The van der Waals surface area contributed by atoms with E-state index in [1.165, 1.54) is 11.0 Å². The molecule has 0 fully saturated rings. The summed E-state index contributed by atoms with van der Waals surface area (Å²) in [4.78, 5) is 24.1. The van der Waals surface area contributed by atoms with Crippen LogP contribution in [0.3, 0.4) is 0 Å². The molecular formula is C11H13NO2. The maximum atomic E-state index is 11.5. The Morgan fingerprint density at radius 1 is 1.50 bits per heavy atom. The van der Waals surface area contributed by atoms with E-state index in [0.717, 1.165) is 5.57 Å². The molecule has 1 heterocycles. The number of allylic oxidation sites excluding steroid dienone is 2. The van der Waals surface area contributed by atoms with Crippen molar-refractivity contribution in [1.82, 2.24) is 4.90 Å². The quantitative estimate of drug-likeness (QED) is 0.682. The highest BCUT2D eigenvalue weighted by molar-refractivity contribution is 6.01. The summed E-state index contributed by atoms with van der Waals surface area (Å²) < 4.78 is 0. The Hall–Kier alpha value is -1.64. The first-order chi connectivity index (χ1) is 6.65. The van der Waals surface area contributed by atoms with Crippen LogP contribution < -0.4 is 0 Å². The molecule has 2 amide bonds. The molecule has 0 spiro atoms. The van der Waals surface area contributed by atoms with Gasteiger partial charge >= 0.3 is 0 Å². The lowest BCUT2D eigenvalue weighted by Crippen LogP contribution is -2.30. The van der Waals surface area contributed by atoms with E-state index in [-0.39, 0.29) is 18.2 Å². The molecule has 0 N–H and O–H groups in total. The molecule has 0 radical (unpaired) electrons. The second-order valence-corrected chi connectivity index (χ2v) is 2.97. The van der Waals surface area contributed by atoms with Gasteiger partial charge in [0.05, 0.1) is 12.1 Å². The fourth-order valence-corrected chi connectivity index (χ4v) is 1.44. The number of carbonyl (C=O) groups is 2. The molecule has 1 aliphatic rings. The molecule has 0 bridgehead atoms. The number of nitrogens with zero attached hydrogens (tertiary/aromatic N) is 1. The molecule has 0 atom stereocenters.